The van der Waals surface area contributed by atoms with E-state index >= 15 is 0 Å². The Bertz CT molecular complexity index is 1270. The molecule has 3 aromatic rings. The second-order valence-electron chi connectivity index (χ2n) is 8.74. The Kier molecular flexibility index (Phi) is 6.56. The van der Waals surface area contributed by atoms with E-state index in [1.165, 1.54) is 29.2 Å². The highest BCUT2D eigenvalue weighted by molar-refractivity contribution is 5.98. The van der Waals surface area contributed by atoms with Crippen LogP contribution < -0.4 is 15.6 Å². The van der Waals surface area contributed by atoms with Gasteiger partial charge in [-0.05, 0) is 38.1 Å². The van der Waals surface area contributed by atoms with Gasteiger partial charge in [0.15, 0.2) is 11.3 Å². The monoisotopic (exact) mass is 471 g/mol. The predicted molar refractivity (Wildman–Crippen MR) is 127 cm³/mol. The quantitative estimate of drug-likeness (QED) is 0.602. The van der Waals surface area contributed by atoms with Crippen LogP contribution in [0.4, 0.5) is 20.4 Å². The number of morpholine rings is 1. The molecule has 1 saturated heterocycles. The molecular formula is C25H27F2N3O4. The van der Waals surface area contributed by atoms with E-state index in [0.717, 1.165) is 6.07 Å². The molecular weight excluding hydrogens is 444 g/mol. The molecule has 0 spiro atoms. The molecule has 2 atom stereocenters. The van der Waals surface area contributed by atoms with Gasteiger partial charge in [0, 0.05) is 56.1 Å². The molecule has 1 aliphatic heterocycles. The molecule has 1 N–H and O–H groups in total. The first kappa shape index (κ1) is 23.7. The summed E-state index contributed by atoms with van der Waals surface area (Å²) in [6.45, 7) is 5.36. The zero-order chi connectivity index (χ0) is 24.6. The van der Waals surface area contributed by atoms with Crippen molar-refractivity contribution in [2.45, 2.75) is 26.0 Å². The number of hydrogen-bond donors (Lipinski definition) is 1. The average molecular weight is 472 g/mol. The minimum atomic E-state index is -0.716. The van der Waals surface area contributed by atoms with Gasteiger partial charge >= 0.3 is 0 Å². The zero-order valence-electron chi connectivity index (χ0n) is 19.5. The first-order chi connectivity index (χ1) is 16.1. The Morgan fingerprint density at radius 1 is 1.15 bits per heavy atom. The van der Waals surface area contributed by atoms with Crippen LogP contribution in [0.3, 0.4) is 0 Å². The molecule has 4 rings (SSSR count). The SMILES string of the molecule is CC(Nc1cc(F)cc(F)c1)c1cc(C(=O)N(C)C)cc2c(=O)cc(N3CCO[C@@H](C)C3)oc12. The molecule has 34 heavy (non-hydrogen) atoms. The number of hydrogen-bond acceptors (Lipinski definition) is 6. The number of nitrogens with one attached hydrogen (secondary N) is 1. The van der Waals surface area contributed by atoms with E-state index in [1.807, 2.05) is 11.8 Å². The number of carbonyl (C=O) groups excluding carboxylic acids is 1. The van der Waals surface area contributed by atoms with Gasteiger partial charge in [0.05, 0.1) is 24.1 Å². The lowest BCUT2D eigenvalue weighted by atomic mass is 9.99. The molecule has 7 nitrogen and oxygen atoms in total. The first-order valence-electron chi connectivity index (χ1n) is 11.0. The molecule has 0 aliphatic carbocycles. The van der Waals surface area contributed by atoms with Crippen LogP contribution in [0.15, 0.2) is 45.6 Å². The van der Waals surface area contributed by atoms with Crippen LogP contribution in [0, 0.1) is 11.6 Å². The molecule has 9 heteroatoms. The molecule has 1 aromatic heterocycles. The third-order valence-corrected chi connectivity index (χ3v) is 5.76. The zero-order valence-corrected chi connectivity index (χ0v) is 19.5. The standard InChI is InChI=1S/C25H27F2N3O4/c1-14-13-30(5-6-33-14)23-12-22(31)21-8-16(25(32)29(3)4)7-20(24(21)34-23)15(2)28-19-10-17(26)9-18(27)11-19/h7-12,14-15,28H,5-6,13H2,1-4H3/t14-,15?/m0/s1. The molecule has 1 aliphatic rings. The fourth-order valence-corrected chi connectivity index (χ4v) is 4.11. The van der Waals surface area contributed by atoms with Crippen LogP contribution in [-0.2, 0) is 4.74 Å². The minimum absolute atomic E-state index is 0.0160. The maximum Gasteiger partial charge on any atom is 0.253 e. The van der Waals surface area contributed by atoms with Gasteiger partial charge in [-0.15, -0.1) is 0 Å². The van der Waals surface area contributed by atoms with E-state index in [9.17, 15) is 18.4 Å². The van der Waals surface area contributed by atoms with Gasteiger partial charge < -0.3 is 24.3 Å². The van der Waals surface area contributed by atoms with E-state index in [4.69, 9.17) is 9.15 Å². The van der Waals surface area contributed by atoms with Crippen molar-refractivity contribution < 1.29 is 22.7 Å². The molecule has 1 amide bonds. The minimum Gasteiger partial charge on any atom is -0.440 e. The first-order valence-corrected chi connectivity index (χ1v) is 11.0. The van der Waals surface area contributed by atoms with Gasteiger partial charge in [0.25, 0.3) is 5.91 Å². The number of carbonyl (C=O) groups is 1. The largest absolute Gasteiger partial charge is 0.440 e. The van der Waals surface area contributed by atoms with Crippen molar-refractivity contribution in [2.75, 3.05) is 44.0 Å². The van der Waals surface area contributed by atoms with E-state index in [2.05, 4.69) is 5.32 Å². The lowest BCUT2D eigenvalue weighted by Crippen LogP contribution is -2.41. The second-order valence-corrected chi connectivity index (χ2v) is 8.74. The summed E-state index contributed by atoms with van der Waals surface area (Å²) in [6.07, 6.45) is -0.0160. The second kappa shape index (κ2) is 9.42. The van der Waals surface area contributed by atoms with E-state index < -0.39 is 17.7 Å². The normalized spacial score (nSPS) is 17.0. The van der Waals surface area contributed by atoms with Crippen LogP contribution in [0.1, 0.15) is 35.8 Å². The number of ether oxygens (including phenoxy) is 1. The van der Waals surface area contributed by atoms with Crippen LogP contribution in [-0.4, -0.2) is 50.7 Å². The van der Waals surface area contributed by atoms with Gasteiger partial charge in [-0.3, -0.25) is 9.59 Å². The fourth-order valence-electron chi connectivity index (χ4n) is 4.11. The summed E-state index contributed by atoms with van der Waals surface area (Å²) in [6, 6.07) is 7.19. The van der Waals surface area contributed by atoms with Crippen LogP contribution in [0.5, 0.6) is 0 Å². The maximum atomic E-state index is 13.7. The van der Waals surface area contributed by atoms with Gasteiger partial charge in [-0.2, -0.15) is 0 Å². The van der Waals surface area contributed by atoms with Crippen LogP contribution in [0.2, 0.25) is 0 Å². The van der Waals surface area contributed by atoms with Gasteiger partial charge in [-0.1, -0.05) is 0 Å². The summed E-state index contributed by atoms with van der Waals surface area (Å²) in [5, 5.41) is 3.31. The summed E-state index contributed by atoms with van der Waals surface area (Å²) < 4.78 is 39.3. The van der Waals surface area contributed by atoms with Crippen LogP contribution in [0.25, 0.3) is 11.0 Å². The Labute approximate surface area is 195 Å². The van der Waals surface area contributed by atoms with E-state index in [1.54, 1.807) is 27.1 Å². The molecule has 180 valence electrons. The maximum absolute atomic E-state index is 13.7. The Hall–Kier alpha value is -3.46. The van der Waals surface area contributed by atoms with E-state index in [0.29, 0.717) is 42.3 Å². The van der Waals surface area contributed by atoms with Crippen LogP contribution >= 0.6 is 0 Å². The molecule has 0 saturated carbocycles. The number of anilines is 2. The molecule has 2 aromatic carbocycles. The Morgan fingerprint density at radius 3 is 2.50 bits per heavy atom. The lowest BCUT2D eigenvalue weighted by molar-refractivity contribution is 0.0517. The van der Waals surface area contributed by atoms with Crippen molar-refractivity contribution >= 4 is 28.4 Å². The van der Waals surface area contributed by atoms with E-state index in [-0.39, 0.29) is 28.5 Å². The van der Waals surface area contributed by atoms with Crippen molar-refractivity contribution in [3.63, 3.8) is 0 Å². The van der Waals surface area contributed by atoms with Crippen molar-refractivity contribution in [1.29, 1.82) is 0 Å². The number of halogens is 2. The topological polar surface area (TPSA) is 75.0 Å². The number of nitrogens with zero attached hydrogens (tertiary/aromatic N) is 2. The van der Waals surface area contributed by atoms with Gasteiger partial charge in [0.2, 0.25) is 0 Å². The highest BCUT2D eigenvalue weighted by atomic mass is 19.1. The number of rotatable bonds is 5. The van der Waals surface area contributed by atoms with Crippen molar-refractivity contribution in [3.8, 4) is 0 Å². The number of fused-ring (bicyclic) bond motifs is 1. The number of benzene rings is 2. The highest BCUT2D eigenvalue weighted by Crippen LogP contribution is 2.31. The fraction of sp³-hybridized carbons (Fsp3) is 0.360. The molecule has 2 heterocycles. The molecule has 0 radical (unpaired) electrons. The summed E-state index contributed by atoms with van der Waals surface area (Å²) in [7, 11) is 3.24. The van der Waals surface area contributed by atoms with Crippen molar-refractivity contribution in [2.24, 2.45) is 0 Å². The molecule has 1 unspecified atom stereocenters. The summed E-state index contributed by atoms with van der Waals surface area (Å²) in [4.78, 5) is 29.2. The van der Waals surface area contributed by atoms with Crippen molar-refractivity contribution in [1.82, 2.24) is 4.90 Å². The summed E-state index contributed by atoms with van der Waals surface area (Å²) >= 11 is 0. The third-order valence-electron chi connectivity index (χ3n) is 5.76. The molecule has 1 fully saturated rings. The van der Waals surface area contributed by atoms with Crippen molar-refractivity contribution in [3.05, 3.63) is 69.4 Å². The summed E-state index contributed by atoms with van der Waals surface area (Å²) in [5.74, 6) is -1.31. The average Bonchev–Trinajstić information content (AvgIpc) is 2.77. The highest BCUT2D eigenvalue weighted by Gasteiger charge is 2.23. The third kappa shape index (κ3) is 4.89. The van der Waals surface area contributed by atoms with Gasteiger partial charge in [-0.25, -0.2) is 8.78 Å². The molecule has 0 bridgehead atoms. The van der Waals surface area contributed by atoms with Gasteiger partial charge in [0.1, 0.15) is 17.2 Å². The smallest absolute Gasteiger partial charge is 0.253 e. The lowest BCUT2D eigenvalue weighted by Gasteiger charge is -2.31. The Balaban J connectivity index is 1.85. The number of amides is 1. The predicted octanol–water partition coefficient (Wildman–Crippen LogP) is 4.17. The summed E-state index contributed by atoms with van der Waals surface area (Å²) in [5.41, 5.74) is 1.09. The Morgan fingerprint density at radius 2 is 1.85 bits per heavy atom.